The van der Waals surface area contributed by atoms with Gasteiger partial charge in [0.25, 0.3) is 5.91 Å². The highest BCUT2D eigenvalue weighted by atomic mass is 16.7. The third-order valence-corrected chi connectivity index (χ3v) is 11.0. The number of carbonyl (C=O) groups excluding carboxylic acids is 4. The number of nitrogens with two attached hydrogens (primary N) is 1. The monoisotopic (exact) mass is 624 g/mol. The van der Waals surface area contributed by atoms with Crippen molar-refractivity contribution in [1.29, 1.82) is 0 Å². The first kappa shape index (κ1) is 34.7. The first-order valence-corrected chi connectivity index (χ1v) is 15.9. The highest BCUT2D eigenvalue weighted by Gasteiger charge is 2.63. The van der Waals surface area contributed by atoms with E-state index in [9.17, 15) is 29.4 Å². The molecule has 45 heavy (non-hydrogen) atoms. The van der Waals surface area contributed by atoms with Crippen LogP contribution in [0.3, 0.4) is 0 Å². The average Bonchev–Trinajstić information content (AvgIpc) is 3.34. The first-order valence-electron chi connectivity index (χ1n) is 15.9. The summed E-state index contributed by atoms with van der Waals surface area (Å²) in [6.45, 7) is 8.68. The van der Waals surface area contributed by atoms with Crippen LogP contribution in [0.5, 0.6) is 0 Å². The van der Waals surface area contributed by atoms with Crippen molar-refractivity contribution in [1.82, 2.24) is 5.48 Å². The average molecular weight is 625 g/mol. The lowest BCUT2D eigenvalue weighted by Crippen LogP contribution is -2.59. The Morgan fingerprint density at radius 3 is 2.47 bits per heavy atom. The predicted molar refractivity (Wildman–Crippen MR) is 167 cm³/mol. The smallest absolute Gasteiger partial charge is 0.311 e. The van der Waals surface area contributed by atoms with Crippen molar-refractivity contribution in [2.45, 2.75) is 97.0 Å². The molecule has 1 aromatic carbocycles. The van der Waals surface area contributed by atoms with Crippen molar-refractivity contribution in [2.75, 3.05) is 6.61 Å². The number of carbonyl (C=O) groups is 4. The van der Waals surface area contributed by atoms with E-state index in [1.54, 1.807) is 26.0 Å². The molecule has 0 saturated heterocycles. The van der Waals surface area contributed by atoms with E-state index in [1.165, 1.54) is 0 Å². The topological polar surface area (TPSA) is 165 Å². The van der Waals surface area contributed by atoms with Gasteiger partial charge in [0, 0.05) is 17.3 Å². The second-order valence-corrected chi connectivity index (χ2v) is 13.6. The molecule has 9 atom stereocenters. The van der Waals surface area contributed by atoms with Crippen molar-refractivity contribution in [3.63, 3.8) is 0 Å². The van der Waals surface area contributed by atoms with Gasteiger partial charge in [-0.25, -0.2) is 5.48 Å². The maximum absolute atomic E-state index is 13.3. The molecule has 3 aliphatic carbocycles. The Morgan fingerprint density at radius 2 is 1.80 bits per heavy atom. The number of aliphatic hydroxyl groups is 2. The Morgan fingerprint density at radius 1 is 1.11 bits per heavy atom. The van der Waals surface area contributed by atoms with Crippen LogP contribution in [0.4, 0.5) is 0 Å². The van der Waals surface area contributed by atoms with Gasteiger partial charge in [-0.2, -0.15) is 0 Å². The number of fused-ring (bicyclic) bond motifs is 1. The lowest BCUT2D eigenvalue weighted by molar-refractivity contribution is -0.176. The van der Waals surface area contributed by atoms with Crippen LogP contribution in [0, 0.1) is 28.6 Å². The number of ether oxygens (including phenoxy) is 1. The standard InChI is InChI=1S/C35H48N2O8/c1-6-24-17-26(38)14-15-33(24,4)34(5)18-25-12-13-27(35(25,43)19-30(34)40)29(39)20-44-32(42)21(2)22(3)45-37-31(41)28(36)16-23-10-8-7-9-11-23/h7-11,14-15,17,21-22,25,27-28,30,40,43H,6,12-13,16,18-20,36H2,1-5H3,(H,37,41)/t21?,22?,25-,27?,28?,30?,33?,34?,35?/m0/s1. The van der Waals surface area contributed by atoms with Crippen molar-refractivity contribution >= 4 is 23.4 Å². The maximum atomic E-state index is 13.3. The predicted octanol–water partition coefficient (Wildman–Crippen LogP) is 3.14. The van der Waals surface area contributed by atoms with Crippen molar-refractivity contribution in [3.8, 4) is 0 Å². The molecule has 1 aromatic rings. The quantitative estimate of drug-likeness (QED) is 0.202. The number of aliphatic hydroxyl groups excluding tert-OH is 1. The molecule has 0 radical (unpaired) electrons. The molecule has 0 spiro atoms. The fourth-order valence-electron chi connectivity index (χ4n) is 7.53. The van der Waals surface area contributed by atoms with Crippen LogP contribution in [0.15, 0.2) is 54.1 Å². The van der Waals surface area contributed by atoms with E-state index in [0.717, 1.165) is 11.1 Å². The minimum atomic E-state index is -1.42. The Labute approximate surface area is 265 Å². The molecule has 0 aliphatic heterocycles. The number of hydrogen-bond donors (Lipinski definition) is 4. The number of benzene rings is 1. The minimum Gasteiger partial charge on any atom is -0.457 e. The van der Waals surface area contributed by atoms with Crippen molar-refractivity contribution < 1.29 is 39.0 Å². The molecule has 10 heteroatoms. The highest BCUT2D eigenvalue weighted by Crippen LogP contribution is 2.62. The minimum absolute atomic E-state index is 0.0142. The molecule has 246 valence electrons. The van der Waals surface area contributed by atoms with E-state index in [4.69, 9.17) is 15.3 Å². The maximum Gasteiger partial charge on any atom is 0.311 e. The molecular weight excluding hydrogens is 576 g/mol. The Bertz CT molecular complexity index is 1340. The molecule has 3 aliphatic rings. The molecule has 8 unspecified atom stereocenters. The third-order valence-electron chi connectivity index (χ3n) is 11.0. The fourth-order valence-corrected chi connectivity index (χ4v) is 7.53. The van der Waals surface area contributed by atoms with E-state index >= 15 is 0 Å². The number of rotatable bonds is 12. The molecule has 0 aromatic heterocycles. The van der Waals surface area contributed by atoms with Gasteiger partial charge in [-0.15, -0.1) is 0 Å². The molecule has 0 heterocycles. The molecule has 4 rings (SSSR count). The SMILES string of the molecule is CCC1=CC(=O)C=CC1(C)C1(C)C[C@@H]2CCC(C(=O)COC(=O)C(C)C(C)ONC(=O)C(N)Cc3ccccc3)C2(O)CC1O. The van der Waals surface area contributed by atoms with Gasteiger partial charge in [0.15, 0.2) is 11.6 Å². The lowest BCUT2D eigenvalue weighted by Gasteiger charge is -2.57. The van der Waals surface area contributed by atoms with Gasteiger partial charge >= 0.3 is 5.97 Å². The largest absolute Gasteiger partial charge is 0.457 e. The van der Waals surface area contributed by atoms with Crippen LogP contribution in [0.25, 0.3) is 0 Å². The number of amides is 1. The van der Waals surface area contributed by atoms with E-state index in [1.807, 2.05) is 57.2 Å². The lowest BCUT2D eigenvalue weighted by atomic mass is 9.49. The number of hydrogen-bond acceptors (Lipinski definition) is 9. The van der Waals surface area contributed by atoms with E-state index < -0.39 is 70.8 Å². The van der Waals surface area contributed by atoms with E-state index in [0.29, 0.717) is 32.1 Å². The van der Waals surface area contributed by atoms with Gasteiger partial charge in [-0.1, -0.05) is 62.8 Å². The van der Waals surface area contributed by atoms with Crippen LogP contribution in [0.1, 0.15) is 72.3 Å². The first-order chi connectivity index (χ1) is 21.2. The number of esters is 1. The molecule has 1 amide bonds. The summed E-state index contributed by atoms with van der Waals surface area (Å²) in [7, 11) is 0. The van der Waals surface area contributed by atoms with Gasteiger partial charge in [0.1, 0.15) is 6.61 Å². The number of allylic oxidation sites excluding steroid dienone is 4. The molecule has 2 fully saturated rings. The zero-order valence-electron chi connectivity index (χ0n) is 27.0. The van der Waals surface area contributed by atoms with E-state index in [-0.39, 0.29) is 18.1 Å². The molecular formula is C35H48N2O8. The number of nitrogens with one attached hydrogen (secondary N) is 1. The Kier molecular flexibility index (Phi) is 10.5. The second-order valence-electron chi connectivity index (χ2n) is 13.6. The van der Waals surface area contributed by atoms with Gasteiger partial charge in [0.05, 0.1) is 35.7 Å². The van der Waals surface area contributed by atoms with Crippen LogP contribution in [-0.2, 0) is 35.2 Å². The van der Waals surface area contributed by atoms with Crippen molar-refractivity contribution in [3.05, 3.63) is 59.7 Å². The summed E-state index contributed by atoms with van der Waals surface area (Å²) in [6.07, 6.45) is 5.89. The summed E-state index contributed by atoms with van der Waals surface area (Å²) in [6, 6.07) is 8.48. The van der Waals surface area contributed by atoms with Gasteiger partial charge in [-0.3, -0.25) is 24.0 Å². The normalized spacial score (nSPS) is 33.0. The zero-order valence-corrected chi connectivity index (χ0v) is 27.0. The van der Waals surface area contributed by atoms with Gasteiger partial charge in [0.2, 0.25) is 0 Å². The van der Waals surface area contributed by atoms with Crippen LogP contribution in [0.2, 0.25) is 0 Å². The summed E-state index contributed by atoms with van der Waals surface area (Å²) in [5.74, 6) is -3.49. The summed E-state index contributed by atoms with van der Waals surface area (Å²) in [4.78, 5) is 56.0. The van der Waals surface area contributed by atoms with Crippen LogP contribution in [-0.4, -0.2) is 64.1 Å². The summed E-state index contributed by atoms with van der Waals surface area (Å²) in [5.41, 5.74) is 7.49. The Hall–Kier alpha value is -3.18. The number of hydroxylamine groups is 1. The zero-order chi connectivity index (χ0) is 33.2. The van der Waals surface area contributed by atoms with Crippen LogP contribution >= 0.6 is 0 Å². The number of ketones is 2. The van der Waals surface area contributed by atoms with Crippen LogP contribution < -0.4 is 11.2 Å². The third kappa shape index (κ3) is 6.84. The summed E-state index contributed by atoms with van der Waals surface area (Å²) < 4.78 is 5.35. The molecule has 5 N–H and O–H groups in total. The second kappa shape index (κ2) is 13.7. The molecule has 10 nitrogen and oxygen atoms in total. The van der Waals surface area contributed by atoms with Gasteiger partial charge < -0.3 is 20.7 Å². The van der Waals surface area contributed by atoms with E-state index in [2.05, 4.69) is 5.48 Å². The highest BCUT2D eigenvalue weighted by molar-refractivity contribution is 6.01. The van der Waals surface area contributed by atoms with Gasteiger partial charge in [-0.05, 0) is 69.6 Å². The van der Waals surface area contributed by atoms with Crippen molar-refractivity contribution in [2.24, 2.45) is 34.3 Å². The summed E-state index contributed by atoms with van der Waals surface area (Å²) >= 11 is 0. The number of Topliss-reactive ketones (excluding diaryl/α,β-unsaturated/α-hetero) is 1. The molecule has 2 saturated carbocycles. The molecule has 0 bridgehead atoms. The Balaban J connectivity index is 1.30. The summed E-state index contributed by atoms with van der Waals surface area (Å²) in [5, 5.41) is 23.4. The fraction of sp³-hybridized carbons (Fsp3) is 0.600.